The van der Waals surface area contributed by atoms with Gasteiger partial charge in [-0.05, 0) is 36.2 Å². The lowest BCUT2D eigenvalue weighted by Gasteiger charge is -2.10. The first-order chi connectivity index (χ1) is 7.79. The van der Waals surface area contributed by atoms with Crippen molar-refractivity contribution < 1.29 is 4.74 Å². The predicted octanol–water partition coefficient (Wildman–Crippen LogP) is 2.47. The highest BCUT2D eigenvalue weighted by atomic mass is 32.1. The molecular formula is C11H13N3OS. The minimum Gasteiger partial charge on any atom is -0.495 e. The van der Waals surface area contributed by atoms with Crippen molar-refractivity contribution in [2.24, 2.45) is 0 Å². The van der Waals surface area contributed by atoms with Crippen LogP contribution in [0, 0.1) is 6.92 Å². The van der Waals surface area contributed by atoms with E-state index in [1.54, 1.807) is 7.11 Å². The Hall–Kier alpha value is -1.62. The SMILES string of the molecule is COc1cc(C)ccc1NCc1csnn1. The summed E-state index contributed by atoms with van der Waals surface area (Å²) < 4.78 is 9.11. The molecule has 1 N–H and O–H groups in total. The molecule has 0 saturated carbocycles. The summed E-state index contributed by atoms with van der Waals surface area (Å²) in [5.74, 6) is 0.850. The first kappa shape index (κ1) is 10.9. The zero-order valence-electron chi connectivity index (χ0n) is 9.23. The summed E-state index contributed by atoms with van der Waals surface area (Å²) in [5.41, 5.74) is 3.09. The van der Waals surface area contributed by atoms with E-state index in [2.05, 4.69) is 14.9 Å². The Labute approximate surface area is 98.4 Å². The number of ether oxygens (including phenoxy) is 1. The Morgan fingerprint density at radius 2 is 2.31 bits per heavy atom. The van der Waals surface area contributed by atoms with E-state index in [1.807, 2.05) is 30.5 Å². The quantitative estimate of drug-likeness (QED) is 0.884. The number of anilines is 1. The molecule has 5 heteroatoms. The van der Waals surface area contributed by atoms with Crippen molar-refractivity contribution in [3.8, 4) is 5.75 Å². The topological polar surface area (TPSA) is 47.0 Å². The van der Waals surface area contributed by atoms with Crippen LogP contribution >= 0.6 is 11.5 Å². The van der Waals surface area contributed by atoms with Crippen molar-refractivity contribution in [3.63, 3.8) is 0 Å². The summed E-state index contributed by atoms with van der Waals surface area (Å²) in [6.07, 6.45) is 0. The summed E-state index contributed by atoms with van der Waals surface area (Å²) in [5, 5.41) is 9.17. The van der Waals surface area contributed by atoms with E-state index in [0.29, 0.717) is 6.54 Å². The summed E-state index contributed by atoms with van der Waals surface area (Å²) in [4.78, 5) is 0. The molecule has 0 aliphatic carbocycles. The van der Waals surface area contributed by atoms with Crippen molar-refractivity contribution >= 4 is 17.2 Å². The second-order valence-electron chi connectivity index (χ2n) is 3.45. The number of aryl methyl sites for hydroxylation is 1. The number of nitrogens with zero attached hydrogens (tertiary/aromatic N) is 2. The third-order valence-electron chi connectivity index (χ3n) is 2.22. The van der Waals surface area contributed by atoms with Gasteiger partial charge in [0.2, 0.25) is 0 Å². The molecule has 0 bridgehead atoms. The Kier molecular flexibility index (Phi) is 3.36. The molecule has 1 aromatic carbocycles. The van der Waals surface area contributed by atoms with E-state index < -0.39 is 0 Å². The molecule has 1 aromatic heterocycles. The summed E-state index contributed by atoms with van der Waals surface area (Å²) >= 11 is 1.35. The molecule has 0 fully saturated rings. The fourth-order valence-corrected chi connectivity index (χ4v) is 1.84. The largest absolute Gasteiger partial charge is 0.495 e. The molecule has 4 nitrogen and oxygen atoms in total. The highest BCUT2D eigenvalue weighted by Crippen LogP contribution is 2.25. The minimum atomic E-state index is 0.663. The third-order valence-corrected chi connectivity index (χ3v) is 2.78. The second-order valence-corrected chi connectivity index (χ2v) is 4.06. The predicted molar refractivity (Wildman–Crippen MR) is 65.0 cm³/mol. The normalized spacial score (nSPS) is 10.1. The first-order valence-corrected chi connectivity index (χ1v) is 5.77. The van der Waals surface area contributed by atoms with Crippen LogP contribution in [0.5, 0.6) is 5.75 Å². The van der Waals surface area contributed by atoms with Crippen LogP contribution in [-0.2, 0) is 6.54 Å². The number of hydrogen-bond donors (Lipinski definition) is 1. The van der Waals surface area contributed by atoms with Gasteiger partial charge in [0.1, 0.15) is 5.75 Å². The van der Waals surface area contributed by atoms with Crippen LogP contribution in [0.3, 0.4) is 0 Å². The number of aromatic nitrogens is 2. The molecule has 16 heavy (non-hydrogen) atoms. The van der Waals surface area contributed by atoms with Gasteiger partial charge >= 0.3 is 0 Å². The monoisotopic (exact) mass is 235 g/mol. The van der Waals surface area contributed by atoms with Crippen molar-refractivity contribution in [1.29, 1.82) is 0 Å². The molecule has 0 amide bonds. The second kappa shape index (κ2) is 4.94. The highest BCUT2D eigenvalue weighted by Gasteiger charge is 2.03. The molecule has 0 aliphatic rings. The maximum Gasteiger partial charge on any atom is 0.142 e. The van der Waals surface area contributed by atoms with Crippen LogP contribution < -0.4 is 10.1 Å². The van der Waals surface area contributed by atoms with Crippen LogP contribution in [-0.4, -0.2) is 16.7 Å². The first-order valence-electron chi connectivity index (χ1n) is 4.94. The Morgan fingerprint density at radius 3 is 3.00 bits per heavy atom. The molecule has 0 saturated heterocycles. The smallest absolute Gasteiger partial charge is 0.142 e. The lowest BCUT2D eigenvalue weighted by Crippen LogP contribution is -2.01. The molecule has 0 spiro atoms. The van der Waals surface area contributed by atoms with E-state index in [1.165, 1.54) is 17.1 Å². The van der Waals surface area contributed by atoms with Gasteiger partial charge in [-0.3, -0.25) is 0 Å². The molecule has 0 aliphatic heterocycles. The van der Waals surface area contributed by atoms with Crippen LogP contribution in [0.2, 0.25) is 0 Å². The number of benzene rings is 1. The third kappa shape index (κ3) is 2.49. The van der Waals surface area contributed by atoms with Gasteiger partial charge in [0.25, 0.3) is 0 Å². The lowest BCUT2D eigenvalue weighted by atomic mass is 10.2. The Bertz CT molecular complexity index is 456. The van der Waals surface area contributed by atoms with E-state index in [4.69, 9.17) is 4.74 Å². The minimum absolute atomic E-state index is 0.663. The van der Waals surface area contributed by atoms with E-state index in [-0.39, 0.29) is 0 Å². The number of methoxy groups -OCH3 is 1. The fraction of sp³-hybridized carbons (Fsp3) is 0.273. The zero-order chi connectivity index (χ0) is 11.4. The molecule has 0 unspecified atom stereocenters. The van der Waals surface area contributed by atoms with Crippen molar-refractivity contribution in [1.82, 2.24) is 9.59 Å². The fourth-order valence-electron chi connectivity index (χ4n) is 1.39. The summed E-state index contributed by atoms with van der Waals surface area (Å²) in [6.45, 7) is 2.70. The van der Waals surface area contributed by atoms with E-state index >= 15 is 0 Å². The Morgan fingerprint density at radius 1 is 1.44 bits per heavy atom. The molecule has 0 atom stereocenters. The summed E-state index contributed by atoms with van der Waals surface area (Å²) in [7, 11) is 1.67. The number of nitrogens with one attached hydrogen (secondary N) is 1. The molecule has 0 radical (unpaired) electrons. The van der Waals surface area contributed by atoms with Crippen molar-refractivity contribution in [3.05, 3.63) is 34.8 Å². The number of rotatable bonds is 4. The van der Waals surface area contributed by atoms with Crippen LogP contribution in [0.1, 0.15) is 11.3 Å². The maximum atomic E-state index is 5.30. The van der Waals surface area contributed by atoms with Crippen molar-refractivity contribution in [2.45, 2.75) is 13.5 Å². The van der Waals surface area contributed by atoms with Gasteiger partial charge in [0.15, 0.2) is 0 Å². The van der Waals surface area contributed by atoms with Gasteiger partial charge in [0, 0.05) is 5.38 Å². The standard InChI is InChI=1S/C11H13N3OS/c1-8-3-4-10(11(5-8)15-2)12-6-9-7-16-14-13-9/h3-5,7,12H,6H2,1-2H3. The van der Waals surface area contributed by atoms with Gasteiger partial charge in [0.05, 0.1) is 25.0 Å². The molecule has 2 aromatic rings. The molecule has 84 valence electrons. The maximum absolute atomic E-state index is 5.30. The van der Waals surface area contributed by atoms with Gasteiger partial charge in [-0.25, -0.2) is 0 Å². The molecule has 1 heterocycles. The average molecular weight is 235 g/mol. The molecular weight excluding hydrogens is 222 g/mol. The average Bonchev–Trinajstić information content (AvgIpc) is 2.80. The molecule has 2 rings (SSSR count). The van der Waals surface area contributed by atoms with Crippen LogP contribution in [0.15, 0.2) is 23.6 Å². The highest BCUT2D eigenvalue weighted by molar-refractivity contribution is 7.03. The van der Waals surface area contributed by atoms with E-state index in [0.717, 1.165) is 17.1 Å². The number of hydrogen-bond acceptors (Lipinski definition) is 5. The summed E-state index contributed by atoms with van der Waals surface area (Å²) in [6, 6.07) is 6.06. The van der Waals surface area contributed by atoms with E-state index in [9.17, 15) is 0 Å². The van der Waals surface area contributed by atoms with Crippen LogP contribution in [0.4, 0.5) is 5.69 Å². The van der Waals surface area contributed by atoms with Crippen molar-refractivity contribution in [2.75, 3.05) is 12.4 Å². The van der Waals surface area contributed by atoms with Gasteiger partial charge < -0.3 is 10.1 Å². The zero-order valence-corrected chi connectivity index (χ0v) is 10.0. The Balaban J connectivity index is 2.09. The lowest BCUT2D eigenvalue weighted by molar-refractivity contribution is 0.416. The van der Waals surface area contributed by atoms with Gasteiger partial charge in [-0.15, -0.1) is 5.10 Å². The van der Waals surface area contributed by atoms with Crippen LogP contribution in [0.25, 0.3) is 0 Å². The van der Waals surface area contributed by atoms with Gasteiger partial charge in [-0.1, -0.05) is 10.6 Å². The van der Waals surface area contributed by atoms with Gasteiger partial charge in [-0.2, -0.15) is 0 Å².